The predicted octanol–water partition coefficient (Wildman–Crippen LogP) is 1.19. The van der Waals surface area contributed by atoms with E-state index < -0.39 is 0 Å². The molecular weight excluding hydrogens is 242 g/mol. The summed E-state index contributed by atoms with van der Waals surface area (Å²) < 4.78 is 7.40. The monoisotopic (exact) mass is 263 g/mol. The summed E-state index contributed by atoms with van der Waals surface area (Å²) in [4.78, 5) is 14.9. The minimum absolute atomic E-state index is 0.129. The van der Waals surface area contributed by atoms with E-state index >= 15 is 0 Å². The first-order valence-electron chi connectivity index (χ1n) is 7.05. The van der Waals surface area contributed by atoms with Gasteiger partial charge in [-0.05, 0) is 26.8 Å². The topological polar surface area (TPSA) is 47.4 Å². The molecule has 0 radical (unpaired) electrons. The fraction of sp³-hybridized carbons (Fsp3) is 0.714. The Hall–Kier alpha value is -1.20. The third-order valence-electron chi connectivity index (χ3n) is 4.50. The first-order valence-corrected chi connectivity index (χ1v) is 7.05. The van der Waals surface area contributed by atoms with Gasteiger partial charge in [-0.25, -0.2) is 0 Å². The summed E-state index contributed by atoms with van der Waals surface area (Å²) in [7, 11) is 2.15. The average Bonchev–Trinajstić information content (AvgIpc) is 2.86. The lowest BCUT2D eigenvalue weighted by Gasteiger charge is -2.46. The molecule has 3 heterocycles. The van der Waals surface area contributed by atoms with Crippen molar-refractivity contribution in [1.82, 2.24) is 14.7 Å². The maximum Gasteiger partial charge on any atom is 0.169 e. The molecule has 0 saturated carbocycles. The van der Waals surface area contributed by atoms with Gasteiger partial charge in [0.1, 0.15) is 0 Å². The zero-order valence-electron chi connectivity index (χ0n) is 11.6. The molecule has 2 fully saturated rings. The average molecular weight is 263 g/mol. The van der Waals surface area contributed by atoms with E-state index in [1.165, 1.54) is 0 Å². The number of nitrogens with zero attached hydrogens (tertiary/aromatic N) is 3. The molecule has 0 spiro atoms. The molecule has 2 aliphatic heterocycles. The maximum atomic E-state index is 12.6. The van der Waals surface area contributed by atoms with Crippen LogP contribution in [0.5, 0.6) is 0 Å². The Morgan fingerprint density at radius 3 is 2.68 bits per heavy atom. The van der Waals surface area contributed by atoms with Crippen molar-refractivity contribution in [1.29, 1.82) is 0 Å². The fourth-order valence-electron chi connectivity index (χ4n) is 3.21. The number of hydrogen-bond donors (Lipinski definition) is 0. The van der Waals surface area contributed by atoms with E-state index in [4.69, 9.17) is 4.74 Å². The second kappa shape index (κ2) is 5.06. The molecule has 2 aliphatic rings. The lowest BCUT2D eigenvalue weighted by Crippen LogP contribution is -2.55. The van der Waals surface area contributed by atoms with Gasteiger partial charge in [0.05, 0.1) is 25.0 Å². The largest absolute Gasteiger partial charge is 0.378 e. The van der Waals surface area contributed by atoms with Crippen molar-refractivity contribution >= 4 is 5.78 Å². The second-order valence-corrected chi connectivity index (χ2v) is 5.63. The van der Waals surface area contributed by atoms with Crippen LogP contribution in [-0.2, 0) is 11.3 Å². The van der Waals surface area contributed by atoms with Crippen molar-refractivity contribution in [3.8, 4) is 0 Å². The predicted molar refractivity (Wildman–Crippen MR) is 71.1 cm³/mol. The van der Waals surface area contributed by atoms with E-state index in [0.29, 0.717) is 12.1 Å². The van der Waals surface area contributed by atoms with E-state index in [2.05, 4.69) is 17.0 Å². The highest BCUT2D eigenvalue weighted by Crippen LogP contribution is 2.32. The number of ether oxygens (including phenoxy) is 1. The molecule has 1 aromatic heterocycles. The van der Waals surface area contributed by atoms with E-state index in [0.717, 1.165) is 38.2 Å². The number of aryl methyl sites for hydroxylation is 1. The van der Waals surface area contributed by atoms with Gasteiger partial charge in [-0.3, -0.25) is 14.4 Å². The van der Waals surface area contributed by atoms with Crippen molar-refractivity contribution in [2.45, 2.75) is 38.4 Å². The van der Waals surface area contributed by atoms with Crippen LogP contribution in [0.2, 0.25) is 0 Å². The van der Waals surface area contributed by atoms with Gasteiger partial charge in [-0.1, -0.05) is 0 Å². The van der Waals surface area contributed by atoms with Gasteiger partial charge in [0, 0.05) is 30.7 Å². The van der Waals surface area contributed by atoms with Gasteiger partial charge in [-0.15, -0.1) is 0 Å². The summed E-state index contributed by atoms with van der Waals surface area (Å²) in [5.41, 5.74) is 0.760. The summed E-state index contributed by atoms with van der Waals surface area (Å²) in [6.45, 7) is 4.34. The first kappa shape index (κ1) is 12.8. The summed E-state index contributed by atoms with van der Waals surface area (Å²) in [5, 5.41) is 4.20. The number of ketones is 1. The molecule has 1 aromatic rings. The molecule has 0 amide bonds. The number of carbonyl (C=O) groups excluding carboxylic acids is 1. The first-order chi connectivity index (χ1) is 9.19. The Morgan fingerprint density at radius 1 is 1.42 bits per heavy atom. The smallest absolute Gasteiger partial charge is 0.169 e. The van der Waals surface area contributed by atoms with Crippen molar-refractivity contribution in [3.63, 3.8) is 0 Å². The molecule has 0 N–H and O–H groups in total. The van der Waals surface area contributed by atoms with Gasteiger partial charge in [0.25, 0.3) is 0 Å². The van der Waals surface area contributed by atoms with Gasteiger partial charge >= 0.3 is 0 Å². The van der Waals surface area contributed by atoms with Crippen LogP contribution < -0.4 is 0 Å². The summed E-state index contributed by atoms with van der Waals surface area (Å²) in [6, 6.07) is 0.783. The van der Waals surface area contributed by atoms with Crippen molar-refractivity contribution < 1.29 is 9.53 Å². The summed E-state index contributed by atoms with van der Waals surface area (Å²) in [6.07, 6.45) is 5.38. The van der Waals surface area contributed by atoms with Crippen molar-refractivity contribution in [3.05, 3.63) is 18.0 Å². The minimum atomic E-state index is 0.129. The lowest BCUT2D eigenvalue weighted by atomic mass is 9.81. The molecule has 3 rings (SSSR count). The molecule has 104 valence electrons. The van der Waals surface area contributed by atoms with Gasteiger partial charge in [0.15, 0.2) is 5.78 Å². The highest BCUT2D eigenvalue weighted by molar-refractivity contribution is 5.97. The molecule has 2 bridgehead atoms. The van der Waals surface area contributed by atoms with Crippen molar-refractivity contribution in [2.75, 3.05) is 20.3 Å². The van der Waals surface area contributed by atoms with Gasteiger partial charge in [0.2, 0.25) is 0 Å². The van der Waals surface area contributed by atoms with Crippen LogP contribution in [0.4, 0.5) is 0 Å². The molecule has 5 nitrogen and oxygen atoms in total. The van der Waals surface area contributed by atoms with E-state index in [1.807, 2.05) is 17.8 Å². The lowest BCUT2D eigenvalue weighted by molar-refractivity contribution is -0.0702. The van der Waals surface area contributed by atoms with Crippen LogP contribution in [0.3, 0.4) is 0 Å². The van der Waals surface area contributed by atoms with Crippen LogP contribution in [0.1, 0.15) is 30.1 Å². The zero-order valence-corrected chi connectivity index (χ0v) is 11.6. The third-order valence-corrected chi connectivity index (χ3v) is 4.50. The Kier molecular flexibility index (Phi) is 3.41. The fourth-order valence-corrected chi connectivity index (χ4v) is 3.21. The quantitative estimate of drug-likeness (QED) is 0.769. The van der Waals surface area contributed by atoms with Crippen LogP contribution in [0.25, 0.3) is 0 Å². The number of likely N-dealkylation sites (N-methyl/N-ethyl adjacent to an activating group) is 1. The number of hydrogen-bond acceptors (Lipinski definition) is 4. The number of piperidine rings is 1. The summed E-state index contributed by atoms with van der Waals surface area (Å²) in [5.74, 6) is 0.384. The molecule has 2 unspecified atom stereocenters. The second-order valence-electron chi connectivity index (χ2n) is 5.63. The Bertz CT molecular complexity index is 457. The highest BCUT2D eigenvalue weighted by Gasteiger charge is 2.39. The minimum Gasteiger partial charge on any atom is -0.378 e. The SMILES string of the molecule is CCn1cc(C(=O)C2CC3COCC(C2)N3C)cn1. The highest BCUT2D eigenvalue weighted by atomic mass is 16.5. The molecule has 19 heavy (non-hydrogen) atoms. The van der Waals surface area contributed by atoms with E-state index in [1.54, 1.807) is 6.20 Å². The third kappa shape index (κ3) is 2.32. The number of fused-ring (bicyclic) bond motifs is 2. The molecule has 0 aromatic carbocycles. The normalized spacial score (nSPS) is 31.4. The van der Waals surface area contributed by atoms with Gasteiger partial charge < -0.3 is 4.74 Å². The standard InChI is InChI=1S/C14H21N3O2/c1-3-17-7-11(6-15-17)14(18)10-4-12-8-19-9-13(5-10)16(12)2/h6-7,10,12-13H,3-5,8-9H2,1-2H3. The number of rotatable bonds is 3. The zero-order chi connectivity index (χ0) is 13.4. The number of morpholine rings is 1. The van der Waals surface area contributed by atoms with E-state index in [9.17, 15) is 4.79 Å². The Morgan fingerprint density at radius 2 is 2.11 bits per heavy atom. The Balaban J connectivity index is 1.74. The van der Waals surface area contributed by atoms with Crippen LogP contribution >= 0.6 is 0 Å². The van der Waals surface area contributed by atoms with E-state index in [-0.39, 0.29) is 11.7 Å². The van der Waals surface area contributed by atoms with Crippen LogP contribution in [0.15, 0.2) is 12.4 Å². The molecule has 2 atom stereocenters. The number of aromatic nitrogens is 2. The molecule has 2 saturated heterocycles. The van der Waals surface area contributed by atoms with Crippen molar-refractivity contribution in [2.24, 2.45) is 5.92 Å². The summed E-state index contributed by atoms with van der Waals surface area (Å²) >= 11 is 0. The molecule has 5 heteroatoms. The number of carbonyl (C=O) groups is 1. The van der Waals surface area contributed by atoms with Gasteiger partial charge in [-0.2, -0.15) is 5.10 Å². The number of Topliss-reactive ketones (excluding diaryl/α,β-unsaturated/α-hetero) is 1. The van der Waals surface area contributed by atoms with Crippen LogP contribution in [-0.4, -0.2) is 52.8 Å². The molecular formula is C14H21N3O2. The van der Waals surface area contributed by atoms with Crippen LogP contribution in [0, 0.1) is 5.92 Å². The maximum absolute atomic E-state index is 12.6. The molecule has 0 aliphatic carbocycles. The Labute approximate surface area is 113 Å².